The standard InChI is InChI=1S/C14H21N3O3S/c1-11(18)17-12-2-4-13(5-3-12)21(19,20)16-10-14(6-7-14)8-9-15/h2-5,16H,6-10,15H2,1H3,(H,17,18). The molecule has 1 amide bonds. The van der Waals surface area contributed by atoms with Gasteiger partial charge in [0.05, 0.1) is 4.90 Å². The van der Waals surface area contributed by atoms with E-state index in [-0.39, 0.29) is 16.2 Å². The molecule has 0 saturated heterocycles. The number of nitrogens with two attached hydrogens (primary N) is 1. The Hall–Kier alpha value is -1.44. The molecule has 21 heavy (non-hydrogen) atoms. The molecule has 0 spiro atoms. The fraction of sp³-hybridized carbons (Fsp3) is 0.500. The molecule has 0 heterocycles. The van der Waals surface area contributed by atoms with Crippen molar-refractivity contribution in [3.63, 3.8) is 0 Å². The molecule has 6 nitrogen and oxygen atoms in total. The van der Waals surface area contributed by atoms with Gasteiger partial charge in [0, 0.05) is 19.2 Å². The lowest BCUT2D eigenvalue weighted by atomic mass is 10.0. The average molecular weight is 311 g/mol. The Labute approximate surface area is 125 Å². The summed E-state index contributed by atoms with van der Waals surface area (Å²) < 4.78 is 27.1. The zero-order chi connectivity index (χ0) is 15.5. The van der Waals surface area contributed by atoms with E-state index in [1.54, 1.807) is 12.1 Å². The molecular weight excluding hydrogens is 290 g/mol. The van der Waals surface area contributed by atoms with E-state index in [9.17, 15) is 13.2 Å². The molecule has 1 aromatic rings. The number of hydrogen-bond donors (Lipinski definition) is 3. The highest BCUT2D eigenvalue weighted by atomic mass is 32.2. The van der Waals surface area contributed by atoms with Gasteiger partial charge in [-0.2, -0.15) is 0 Å². The van der Waals surface area contributed by atoms with Crippen molar-refractivity contribution in [2.75, 3.05) is 18.4 Å². The highest BCUT2D eigenvalue weighted by Gasteiger charge is 2.42. The van der Waals surface area contributed by atoms with E-state index in [0.717, 1.165) is 19.3 Å². The lowest BCUT2D eigenvalue weighted by Gasteiger charge is -2.15. The minimum Gasteiger partial charge on any atom is -0.330 e. The van der Waals surface area contributed by atoms with Crippen LogP contribution in [0.4, 0.5) is 5.69 Å². The smallest absolute Gasteiger partial charge is 0.240 e. The molecular formula is C14H21N3O3S. The summed E-state index contributed by atoms with van der Waals surface area (Å²) in [7, 11) is -3.52. The lowest BCUT2D eigenvalue weighted by molar-refractivity contribution is -0.114. The predicted octanol–water partition coefficient (Wildman–Crippen LogP) is 1.05. The zero-order valence-electron chi connectivity index (χ0n) is 12.1. The summed E-state index contributed by atoms with van der Waals surface area (Å²) in [5.74, 6) is -0.193. The molecule has 0 atom stereocenters. The maximum Gasteiger partial charge on any atom is 0.240 e. The van der Waals surface area contributed by atoms with Gasteiger partial charge in [0.15, 0.2) is 0 Å². The van der Waals surface area contributed by atoms with E-state index >= 15 is 0 Å². The van der Waals surface area contributed by atoms with Gasteiger partial charge in [-0.05, 0) is 55.5 Å². The van der Waals surface area contributed by atoms with Gasteiger partial charge in [-0.3, -0.25) is 4.79 Å². The van der Waals surface area contributed by atoms with Crippen molar-refractivity contribution in [3.05, 3.63) is 24.3 Å². The van der Waals surface area contributed by atoms with Crippen LogP contribution in [0.3, 0.4) is 0 Å². The van der Waals surface area contributed by atoms with Crippen LogP contribution >= 0.6 is 0 Å². The third-order valence-electron chi connectivity index (χ3n) is 3.75. The van der Waals surface area contributed by atoms with Crippen LogP contribution in [0.25, 0.3) is 0 Å². The molecule has 0 aromatic heterocycles. The Balaban J connectivity index is 2.00. The average Bonchev–Trinajstić information content (AvgIpc) is 3.17. The second kappa shape index (κ2) is 6.13. The second-order valence-electron chi connectivity index (χ2n) is 5.57. The number of nitrogens with one attached hydrogen (secondary N) is 2. The molecule has 1 aliphatic rings. The maximum absolute atomic E-state index is 12.2. The Morgan fingerprint density at radius 2 is 1.90 bits per heavy atom. The Morgan fingerprint density at radius 3 is 2.38 bits per heavy atom. The minimum absolute atomic E-state index is 0.0535. The highest BCUT2D eigenvalue weighted by molar-refractivity contribution is 7.89. The molecule has 0 bridgehead atoms. The summed E-state index contributed by atoms with van der Waals surface area (Å²) in [6, 6.07) is 6.11. The first-order chi connectivity index (χ1) is 9.87. The van der Waals surface area contributed by atoms with Gasteiger partial charge in [-0.1, -0.05) is 0 Å². The van der Waals surface area contributed by atoms with Crippen molar-refractivity contribution in [1.82, 2.24) is 4.72 Å². The summed E-state index contributed by atoms with van der Waals surface area (Å²) in [4.78, 5) is 11.1. The topological polar surface area (TPSA) is 101 Å². The molecule has 4 N–H and O–H groups in total. The van der Waals surface area contributed by atoms with Crippen LogP contribution in [-0.4, -0.2) is 27.4 Å². The summed E-state index contributed by atoms with van der Waals surface area (Å²) >= 11 is 0. The van der Waals surface area contributed by atoms with Gasteiger partial charge in [0.2, 0.25) is 15.9 Å². The molecule has 0 unspecified atom stereocenters. The molecule has 7 heteroatoms. The Bertz CT molecular complexity index is 607. The number of hydrogen-bond acceptors (Lipinski definition) is 4. The quantitative estimate of drug-likeness (QED) is 0.700. The van der Waals surface area contributed by atoms with Gasteiger partial charge >= 0.3 is 0 Å². The van der Waals surface area contributed by atoms with Crippen LogP contribution in [0.1, 0.15) is 26.2 Å². The minimum atomic E-state index is -3.52. The second-order valence-corrected chi connectivity index (χ2v) is 7.34. The van der Waals surface area contributed by atoms with Gasteiger partial charge < -0.3 is 11.1 Å². The number of carbonyl (C=O) groups excluding carboxylic acids is 1. The van der Waals surface area contributed by atoms with E-state index in [0.29, 0.717) is 18.8 Å². The van der Waals surface area contributed by atoms with E-state index in [1.807, 2.05) is 0 Å². The molecule has 1 fully saturated rings. The monoisotopic (exact) mass is 311 g/mol. The third-order valence-corrected chi connectivity index (χ3v) is 5.17. The number of amides is 1. The van der Waals surface area contributed by atoms with Crippen molar-refractivity contribution in [2.24, 2.45) is 11.1 Å². The van der Waals surface area contributed by atoms with Gasteiger partial charge in [0.1, 0.15) is 0 Å². The van der Waals surface area contributed by atoms with Crippen LogP contribution in [-0.2, 0) is 14.8 Å². The molecule has 116 valence electrons. The number of anilines is 1. The van der Waals surface area contributed by atoms with Crippen LogP contribution in [0.2, 0.25) is 0 Å². The van der Waals surface area contributed by atoms with E-state index in [4.69, 9.17) is 5.73 Å². The predicted molar refractivity (Wildman–Crippen MR) is 81.3 cm³/mol. The number of sulfonamides is 1. The molecule has 0 radical (unpaired) electrons. The Morgan fingerprint density at radius 1 is 1.29 bits per heavy atom. The van der Waals surface area contributed by atoms with Crippen molar-refractivity contribution < 1.29 is 13.2 Å². The van der Waals surface area contributed by atoms with Gasteiger partial charge in [0.25, 0.3) is 0 Å². The summed E-state index contributed by atoms with van der Waals surface area (Å²) in [6.07, 6.45) is 2.89. The normalized spacial score (nSPS) is 16.5. The first-order valence-electron chi connectivity index (χ1n) is 6.94. The maximum atomic E-state index is 12.2. The fourth-order valence-corrected chi connectivity index (χ4v) is 3.41. The van der Waals surface area contributed by atoms with Crippen molar-refractivity contribution in [3.8, 4) is 0 Å². The summed E-state index contributed by atoms with van der Waals surface area (Å²) in [5, 5.41) is 2.60. The van der Waals surface area contributed by atoms with Crippen molar-refractivity contribution >= 4 is 21.6 Å². The number of benzene rings is 1. The first kappa shape index (κ1) is 15.9. The van der Waals surface area contributed by atoms with Gasteiger partial charge in [-0.15, -0.1) is 0 Å². The molecule has 0 aliphatic heterocycles. The van der Waals surface area contributed by atoms with Crippen LogP contribution in [0.5, 0.6) is 0 Å². The largest absolute Gasteiger partial charge is 0.330 e. The third kappa shape index (κ3) is 4.26. The van der Waals surface area contributed by atoms with E-state index in [2.05, 4.69) is 10.0 Å². The highest BCUT2D eigenvalue weighted by Crippen LogP contribution is 2.47. The van der Waals surface area contributed by atoms with Crippen molar-refractivity contribution in [2.45, 2.75) is 31.1 Å². The van der Waals surface area contributed by atoms with E-state index in [1.165, 1.54) is 19.1 Å². The molecule has 1 aromatic carbocycles. The summed E-state index contributed by atoms with van der Waals surface area (Å²) in [5.41, 5.74) is 6.18. The number of carbonyl (C=O) groups is 1. The van der Waals surface area contributed by atoms with Crippen LogP contribution in [0, 0.1) is 5.41 Å². The number of rotatable bonds is 7. The molecule has 1 saturated carbocycles. The van der Waals surface area contributed by atoms with Crippen molar-refractivity contribution in [1.29, 1.82) is 0 Å². The fourth-order valence-electron chi connectivity index (χ4n) is 2.25. The first-order valence-corrected chi connectivity index (χ1v) is 8.43. The lowest BCUT2D eigenvalue weighted by Crippen LogP contribution is -2.31. The van der Waals surface area contributed by atoms with E-state index < -0.39 is 10.0 Å². The van der Waals surface area contributed by atoms with Gasteiger partial charge in [-0.25, -0.2) is 13.1 Å². The summed E-state index contributed by atoms with van der Waals surface area (Å²) in [6.45, 7) is 2.41. The molecule has 2 rings (SSSR count). The van der Waals surface area contributed by atoms with Crippen LogP contribution in [0.15, 0.2) is 29.2 Å². The SMILES string of the molecule is CC(=O)Nc1ccc(S(=O)(=O)NCC2(CCN)CC2)cc1. The Kier molecular flexibility index (Phi) is 4.65. The zero-order valence-corrected chi connectivity index (χ0v) is 12.9. The van der Waals surface area contributed by atoms with Crippen LogP contribution < -0.4 is 15.8 Å². The molecule has 1 aliphatic carbocycles.